The molecule has 0 bridgehead atoms. The molecule has 2 N–H and O–H groups in total. The van der Waals surface area contributed by atoms with Gasteiger partial charge in [0.25, 0.3) is 5.91 Å². The summed E-state index contributed by atoms with van der Waals surface area (Å²) in [6, 6.07) is 14.3. The quantitative estimate of drug-likeness (QED) is 0.251. The van der Waals surface area contributed by atoms with Gasteiger partial charge in [-0.2, -0.15) is 0 Å². The molecule has 4 rings (SSSR count). The summed E-state index contributed by atoms with van der Waals surface area (Å²) in [4.78, 5) is 43.9. The van der Waals surface area contributed by atoms with Gasteiger partial charge in [0.2, 0.25) is 0 Å². The molecule has 0 spiro atoms. The van der Waals surface area contributed by atoms with E-state index in [0.717, 1.165) is 12.0 Å². The first-order valence-corrected chi connectivity index (χ1v) is 13.5. The highest BCUT2D eigenvalue weighted by Gasteiger charge is 2.56. The third-order valence-electron chi connectivity index (χ3n) is 6.74. The van der Waals surface area contributed by atoms with Crippen molar-refractivity contribution in [3.8, 4) is 5.75 Å². The molecule has 2 aromatic carbocycles. The molecule has 1 aliphatic rings. The number of methoxy groups -OCH3 is 1. The molecular formula is C30H31N3O7S. The summed E-state index contributed by atoms with van der Waals surface area (Å²) >= 11 is 5.87. The van der Waals surface area contributed by atoms with Crippen LogP contribution < -0.4 is 15.4 Å². The minimum atomic E-state index is -1.70. The molecule has 2 atom stereocenters. The Labute approximate surface area is 243 Å². The average Bonchev–Trinajstić information content (AvgIpc) is 3.58. The molecule has 0 saturated carbocycles. The van der Waals surface area contributed by atoms with E-state index in [2.05, 4.69) is 15.6 Å². The van der Waals surface area contributed by atoms with E-state index in [4.69, 9.17) is 30.8 Å². The number of aromatic nitrogens is 1. The molecule has 2 heterocycles. The van der Waals surface area contributed by atoms with Crippen molar-refractivity contribution in [2.75, 3.05) is 25.6 Å². The number of hydrogen-bond donors (Lipinski definition) is 2. The first kappa shape index (κ1) is 29.5. The van der Waals surface area contributed by atoms with Gasteiger partial charge in [0.15, 0.2) is 17.6 Å². The molecule has 11 heteroatoms. The first-order valence-electron chi connectivity index (χ1n) is 13.1. The van der Waals surface area contributed by atoms with Crippen LogP contribution in [-0.4, -0.2) is 53.6 Å². The summed E-state index contributed by atoms with van der Waals surface area (Å²) in [6.07, 6.45) is 2.56. The van der Waals surface area contributed by atoms with Crippen LogP contribution >= 0.6 is 12.2 Å². The Hall–Kier alpha value is -4.51. The van der Waals surface area contributed by atoms with Gasteiger partial charge < -0.3 is 29.3 Å². The lowest BCUT2D eigenvalue weighted by Gasteiger charge is -2.36. The molecule has 0 fully saturated rings. The molecule has 10 nitrogen and oxygen atoms in total. The normalized spacial score (nSPS) is 16.8. The second kappa shape index (κ2) is 12.8. The number of nitrogens with zero attached hydrogens (tertiary/aromatic N) is 1. The Morgan fingerprint density at radius 1 is 1.05 bits per heavy atom. The van der Waals surface area contributed by atoms with E-state index in [0.29, 0.717) is 17.0 Å². The Bertz CT molecular complexity index is 1460. The van der Waals surface area contributed by atoms with Crippen molar-refractivity contribution in [2.45, 2.75) is 38.6 Å². The van der Waals surface area contributed by atoms with Crippen LogP contribution in [0.4, 0.5) is 5.69 Å². The largest absolute Gasteiger partial charge is 0.497 e. The zero-order valence-electron chi connectivity index (χ0n) is 23.2. The molecule has 214 valence electrons. The first-order chi connectivity index (χ1) is 19.7. The van der Waals surface area contributed by atoms with Gasteiger partial charge in [-0.05, 0) is 50.6 Å². The fourth-order valence-electron chi connectivity index (χ4n) is 4.65. The van der Waals surface area contributed by atoms with Crippen LogP contribution in [0, 0.1) is 6.92 Å². The van der Waals surface area contributed by atoms with Gasteiger partial charge in [0, 0.05) is 24.2 Å². The van der Waals surface area contributed by atoms with Crippen LogP contribution in [0.5, 0.6) is 5.75 Å². The van der Waals surface area contributed by atoms with Crippen LogP contribution in [0.15, 0.2) is 71.1 Å². The highest BCUT2D eigenvalue weighted by molar-refractivity contribution is 7.81. The Kier molecular flexibility index (Phi) is 9.18. The third-order valence-corrected chi connectivity index (χ3v) is 7.28. The zero-order valence-corrected chi connectivity index (χ0v) is 24.0. The number of oxazole rings is 1. The predicted octanol–water partition coefficient (Wildman–Crippen LogP) is 4.29. The molecule has 0 saturated heterocycles. The third kappa shape index (κ3) is 5.99. The summed E-state index contributed by atoms with van der Waals surface area (Å²) in [5.74, 6) is -1.84. The number of rotatable bonds is 11. The molecule has 0 radical (unpaired) electrons. The van der Waals surface area contributed by atoms with Gasteiger partial charge in [0.05, 0.1) is 30.8 Å². The summed E-state index contributed by atoms with van der Waals surface area (Å²) in [6.45, 7) is 5.53. The van der Waals surface area contributed by atoms with E-state index in [1.54, 1.807) is 57.4 Å². The van der Waals surface area contributed by atoms with Crippen molar-refractivity contribution < 1.29 is 33.0 Å². The van der Waals surface area contributed by atoms with Gasteiger partial charge in [0.1, 0.15) is 11.5 Å². The number of carbonyl (C=O) groups excluding carboxylic acids is 3. The minimum absolute atomic E-state index is 0.00681. The summed E-state index contributed by atoms with van der Waals surface area (Å²) in [5, 5.41) is 5.93. The van der Waals surface area contributed by atoms with E-state index >= 15 is 0 Å². The maximum absolute atomic E-state index is 13.8. The highest BCUT2D eigenvalue weighted by atomic mass is 32.1. The lowest BCUT2D eigenvalue weighted by Crippen LogP contribution is -2.58. The number of ether oxygens (including phenoxy) is 3. The number of hydrogen-bond acceptors (Lipinski definition) is 10. The van der Waals surface area contributed by atoms with Gasteiger partial charge in [-0.25, -0.2) is 14.6 Å². The van der Waals surface area contributed by atoms with Crippen molar-refractivity contribution in [1.29, 1.82) is 0 Å². The second-order valence-electron chi connectivity index (χ2n) is 9.25. The molecule has 0 aliphatic carbocycles. The van der Waals surface area contributed by atoms with Gasteiger partial charge in [-0.1, -0.05) is 42.0 Å². The number of esters is 2. The van der Waals surface area contributed by atoms with Crippen LogP contribution in [-0.2, 0) is 25.5 Å². The maximum atomic E-state index is 13.8. The van der Waals surface area contributed by atoms with Crippen molar-refractivity contribution >= 4 is 40.6 Å². The highest BCUT2D eigenvalue weighted by Crippen LogP contribution is 2.40. The van der Waals surface area contributed by atoms with Crippen molar-refractivity contribution in [3.05, 3.63) is 89.3 Å². The zero-order chi connectivity index (χ0) is 29.6. The molecule has 1 aromatic heterocycles. The van der Waals surface area contributed by atoms with E-state index < -0.39 is 29.3 Å². The van der Waals surface area contributed by atoms with Crippen molar-refractivity contribution in [2.24, 2.45) is 0 Å². The Balaban J connectivity index is 1.78. The number of aryl methyl sites for hydroxylation is 1. The molecule has 41 heavy (non-hydrogen) atoms. The minimum Gasteiger partial charge on any atom is -0.497 e. The van der Waals surface area contributed by atoms with E-state index in [-0.39, 0.29) is 41.5 Å². The number of anilines is 1. The van der Waals surface area contributed by atoms with Crippen LogP contribution in [0.2, 0.25) is 0 Å². The molecule has 3 aromatic rings. The monoisotopic (exact) mass is 577 g/mol. The summed E-state index contributed by atoms with van der Waals surface area (Å²) in [5.41, 5.74) is 0.657. The summed E-state index contributed by atoms with van der Waals surface area (Å²) < 4.78 is 21.6. The van der Waals surface area contributed by atoms with E-state index in [1.807, 2.05) is 19.1 Å². The fraction of sp³-hybridized carbons (Fsp3) is 0.300. The number of thiocarbonyl (C=S) groups is 1. The predicted molar refractivity (Wildman–Crippen MR) is 155 cm³/mol. The molecule has 1 aliphatic heterocycles. The number of carbonyl (C=O) groups is 3. The average molecular weight is 578 g/mol. The second-order valence-corrected chi connectivity index (χ2v) is 9.66. The smallest absolute Gasteiger partial charge is 0.360 e. The van der Waals surface area contributed by atoms with Crippen molar-refractivity contribution in [3.63, 3.8) is 0 Å². The van der Waals surface area contributed by atoms with Gasteiger partial charge in [-0.3, -0.25) is 4.79 Å². The molecule has 1 amide bonds. The topological polar surface area (TPSA) is 129 Å². The van der Waals surface area contributed by atoms with Gasteiger partial charge >= 0.3 is 11.9 Å². The van der Waals surface area contributed by atoms with Crippen LogP contribution in [0.1, 0.15) is 47.1 Å². The van der Waals surface area contributed by atoms with Gasteiger partial charge in [-0.15, -0.1) is 0 Å². The lowest BCUT2D eigenvalue weighted by molar-refractivity contribution is -0.148. The number of benzene rings is 2. The number of nitrogens with one attached hydrogen (secondary N) is 2. The van der Waals surface area contributed by atoms with Crippen LogP contribution in [0.25, 0.3) is 0 Å². The van der Waals surface area contributed by atoms with Crippen LogP contribution in [0.3, 0.4) is 0 Å². The maximum Gasteiger partial charge on any atom is 0.360 e. The molecular weight excluding hydrogens is 546 g/mol. The number of amides is 1. The molecule has 0 unspecified atom stereocenters. The fourth-order valence-corrected chi connectivity index (χ4v) is 5.09. The Morgan fingerprint density at radius 3 is 2.37 bits per heavy atom. The lowest BCUT2D eigenvalue weighted by atomic mass is 9.74. The summed E-state index contributed by atoms with van der Waals surface area (Å²) in [7, 11) is 1.54. The van der Waals surface area contributed by atoms with Crippen molar-refractivity contribution in [1.82, 2.24) is 10.3 Å². The SMILES string of the molecule is CCOC(=O)c1ncoc1C[C@@H](c1ccc(OC)cc1)[C@@]1(C(=O)OCC)NC=C(C(=O)Nc2ccc(C)cc2)C1=S. The standard InChI is InChI=1S/C30H31N3O7S/c1-5-38-28(35)25-24(40-17-31-25)15-23(19-9-13-21(37-4)14-10-19)30(29(36)39-6-2)26(41)22(16-32-30)27(34)33-20-11-7-18(3)8-12-20/h7-14,16-17,23,32H,5-6,15H2,1-4H3,(H,33,34)/t23-,30+/m0/s1. The van der Waals surface area contributed by atoms with E-state index in [9.17, 15) is 14.4 Å². The Morgan fingerprint density at radius 2 is 1.73 bits per heavy atom. The van der Waals surface area contributed by atoms with E-state index in [1.165, 1.54) is 6.20 Å².